The zero-order valence-corrected chi connectivity index (χ0v) is 22.5. The van der Waals surface area contributed by atoms with Crippen molar-refractivity contribution in [2.24, 2.45) is 0 Å². The minimum Gasteiger partial charge on any atom is -0.364 e. The van der Waals surface area contributed by atoms with Crippen molar-refractivity contribution < 1.29 is 4.74 Å². The maximum Gasteiger partial charge on any atom is 0.168 e. The van der Waals surface area contributed by atoms with Crippen LogP contribution >= 0.6 is 11.8 Å². The van der Waals surface area contributed by atoms with Gasteiger partial charge in [-0.1, -0.05) is 48.2 Å². The van der Waals surface area contributed by atoms with E-state index in [1.807, 2.05) is 6.33 Å². The number of imidazole rings is 1. The van der Waals surface area contributed by atoms with Gasteiger partial charge in [0.05, 0.1) is 18.6 Å². The van der Waals surface area contributed by atoms with E-state index in [-0.39, 0.29) is 0 Å². The molecule has 0 N–H and O–H groups in total. The SMILES string of the molecule is COCN1c2cc(Cn3cnc4c(N5CCC(c6ccccc6)CC5)ncnc43)ccc2Sc2nccnc21. The summed E-state index contributed by atoms with van der Waals surface area (Å²) in [6, 6.07) is 17.3. The molecular formula is C29H28N8OS. The van der Waals surface area contributed by atoms with Crippen LogP contribution in [0.25, 0.3) is 11.2 Å². The molecule has 0 aliphatic carbocycles. The summed E-state index contributed by atoms with van der Waals surface area (Å²) >= 11 is 1.63. The molecule has 9 nitrogen and oxygen atoms in total. The van der Waals surface area contributed by atoms with E-state index in [1.54, 1.807) is 37.6 Å². The molecule has 0 atom stereocenters. The fourth-order valence-electron chi connectivity index (χ4n) is 5.57. The van der Waals surface area contributed by atoms with Gasteiger partial charge in [0.15, 0.2) is 22.8 Å². The van der Waals surface area contributed by atoms with Crippen LogP contribution in [-0.4, -0.2) is 56.4 Å². The Hall–Kier alpha value is -4.02. The number of piperidine rings is 1. The highest BCUT2D eigenvalue weighted by atomic mass is 32.2. The highest BCUT2D eigenvalue weighted by Gasteiger charge is 2.27. The van der Waals surface area contributed by atoms with Crippen molar-refractivity contribution in [3.8, 4) is 0 Å². The molecule has 2 aliphatic rings. The van der Waals surface area contributed by atoms with Gasteiger partial charge in [-0.15, -0.1) is 0 Å². The van der Waals surface area contributed by atoms with Crippen molar-refractivity contribution in [1.29, 1.82) is 0 Å². The van der Waals surface area contributed by atoms with Crippen LogP contribution in [0.3, 0.4) is 0 Å². The van der Waals surface area contributed by atoms with Crippen LogP contribution in [0.2, 0.25) is 0 Å². The van der Waals surface area contributed by atoms with Crippen LogP contribution in [0.4, 0.5) is 17.3 Å². The third-order valence-electron chi connectivity index (χ3n) is 7.48. The average Bonchev–Trinajstić information content (AvgIpc) is 3.40. The highest BCUT2D eigenvalue weighted by Crippen LogP contribution is 2.46. The predicted molar refractivity (Wildman–Crippen MR) is 152 cm³/mol. The Bertz CT molecular complexity index is 1620. The molecule has 0 saturated carbocycles. The summed E-state index contributed by atoms with van der Waals surface area (Å²) in [6.07, 6.45) is 9.20. The molecule has 0 spiro atoms. The Morgan fingerprint density at radius 3 is 2.62 bits per heavy atom. The van der Waals surface area contributed by atoms with Gasteiger partial charge in [-0.25, -0.2) is 24.9 Å². The lowest BCUT2D eigenvalue weighted by molar-refractivity contribution is 0.204. The second kappa shape index (κ2) is 10.3. The highest BCUT2D eigenvalue weighted by molar-refractivity contribution is 7.99. The van der Waals surface area contributed by atoms with Gasteiger partial charge < -0.3 is 14.2 Å². The summed E-state index contributed by atoms with van der Waals surface area (Å²) in [4.78, 5) is 28.7. The summed E-state index contributed by atoms with van der Waals surface area (Å²) in [5, 5.41) is 0.882. The van der Waals surface area contributed by atoms with E-state index in [1.165, 1.54) is 5.56 Å². The summed E-state index contributed by atoms with van der Waals surface area (Å²) in [5.41, 5.74) is 5.34. The van der Waals surface area contributed by atoms with Gasteiger partial charge in [0.25, 0.3) is 0 Å². The summed E-state index contributed by atoms with van der Waals surface area (Å²) in [5.74, 6) is 2.33. The smallest absolute Gasteiger partial charge is 0.168 e. The molecule has 0 bridgehead atoms. The summed E-state index contributed by atoms with van der Waals surface area (Å²) in [7, 11) is 1.69. The number of fused-ring (bicyclic) bond motifs is 3. The molecule has 0 amide bonds. The number of rotatable bonds is 6. The summed E-state index contributed by atoms with van der Waals surface area (Å²) in [6.45, 7) is 2.96. The molecule has 1 saturated heterocycles. The normalized spacial score (nSPS) is 15.4. The Labute approximate surface area is 230 Å². The van der Waals surface area contributed by atoms with Crippen LogP contribution in [0.15, 0.2) is 83.5 Å². The number of aromatic nitrogens is 6. The fourth-order valence-corrected chi connectivity index (χ4v) is 6.56. The van der Waals surface area contributed by atoms with E-state index in [9.17, 15) is 0 Å². The Morgan fingerprint density at radius 2 is 1.77 bits per heavy atom. The Balaban J connectivity index is 1.13. The first-order chi connectivity index (χ1) is 19.3. The average molecular weight is 537 g/mol. The molecule has 2 aromatic carbocycles. The van der Waals surface area contributed by atoms with Crippen molar-refractivity contribution in [1.82, 2.24) is 29.5 Å². The van der Waals surface area contributed by atoms with E-state index in [4.69, 9.17) is 9.72 Å². The van der Waals surface area contributed by atoms with Crippen molar-refractivity contribution in [2.45, 2.75) is 35.2 Å². The number of methoxy groups -OCH3 is 1. The molecule has 1 fully saturated rings. The van der Waals surface area contributed by atoms with Gasteiger partial charge in [0.2, 0.25) is 0 Å². The number of anilines is 3. The number of nitrogens with zero attached hydrogens (tertiary/aromatic N) is 8. The number of hydrogen-bond acceptors (Lipinski definition) is 9. The lowest BCUT2D eigenvalue weighted by atomic mass is 9.89. The molecule has 5 aromatic rings. The standard InChI is InChI=1S/C29H28N8OS/c1-38-19-37-23-15-20(7-8-24(23)39-29-28(37)30-11-12-31-29)16-36-18-34-25-26(32-17-33-27(25)36)35-13-9-22(10-14-35)21-5-3-2-4-6-21/h2-8,11-12,15,17-18,22H,9-10,13-14,16,19H2,1H3. The van der Waals surface area contributed by atoms with E-state index in [0.29, 0.717) is 19.2 Å². The van der Waals surface area contributed by atoms with Crippen molar-refractivity contribution in [3.63, 3.8) is 0 Å². The fraction of sp³-hybridized carbons (Fsp3) is 0.276. The maximum absolute atomic E-state index is 5.51. The molecule has 5 heterocycles. The van der Waals surface area contributed by atoms with Crippen LogP contribution < -0.4 is 9.80 Å². The van der Waals surface area contributed by atoms with Crippen LogP contribution in [0.5, 0.6) is 0 Å². The lowest BCUT2D eigenvalue weighted by Gasteiger charge is -2.33. The van der Waals surface area contributed by atoms with Gasteiger partial charge in [-0.3, -0.25) is 4.90 Å². The molecule has 196 valence electrons. The molecule has 3 aromatic heterocycles. The molecule has 0 radical (unpaired) electrons. The maximum atomic E-state index is 5.51. The predicted octanol–water partition coefficient (Wildman–Crippen LogP) is 5.26. The van der Waals surface area contributed by atoms with Crippen molar-refractivity contribution >= 4 is 40.2 Å². The zero-order chi connectivity index (χ0) is 26.2. The Morgan fingerprint density at radius 1 is 0.923 bits per heavy atom. The number of hydrogen-bond donors (Lipinski definition) is 0. The molecule has 0 unspecified atom stereocenters. The van der Waals surface area contributed by atoms with Crippen LogP contribution in [0, 0.1) is 0 Å². The number of benzene rings is 2. The van der Waals surface area contributed by atoms with Gasteiger partial charge in [0.1, 0.15) is 18.1 Å². The van der Waals surface area contributed by atoms with Gasteiger partial charge in [-0.2, -0.15) is 0 Å². The minimum atomic E-state index is 0.397. The Kier molecular flexibility index (Phi) is 6.34. The first kappa shape index (κ1) is 24.1. The zero-order valence-electron chi connectivity index (χ0n) is 21.6. The monoisotopic (exact) mass is 536 g/mol. The van der Waals surface area contributed by atoms with Gasteiger partial charge >= 0.3 is 0 Å². The van der Waals surface area contributed by atoms with Crippen LogP contribution in [-0.2, 0) is 11.3 Å². The third kappa shape index (κ3) is 4.49. The van der Waals surface area contributed by atoms with E-state index in [2.05, 4.69) is 82.8 Å². The lowest BCUT2D eigenvalue weighted by Crippen LogP contribution is -2.33. The molecule has 10 heteroatoms. The van der Waals surface area contributed by atoms with Crippen molar-refractivity contribution in [3.05, 3.63) is 84.7 Å². The topological polar surface area (TPSA) is 85.1 Å². The number of ether oxygens (including phenoxy) is 1. The van der Waals surface area contributed by atoms with E-state index < -0.39 is 0 Å². The summed E-state index contributed by atoms with van der Waals surface area (Å²) < 4.78 is 7.61. The second-order valence-electron chi connectivity index (χ2n) is 9.85. The van der Waals surface area contributed by atoms with Crippen molar-refractivity contribution in [2.75, 3.05) is 36.7 Å². The first-order valence-corrected chi connectivity index (χ1v) is 13.9. The second-order valence-corrected chi connectivity index (χ2v) is 10.9. The van der Waals surface area contributed by atoms with Crippen LogP contribution in [0.1, 0.15) is 29.9 Å². The van der Waals surface area contributed by atoms with Gasteiger partial charge in [-0.05, 0) is 42.0 Å². The van der Waals surface area contributed by atoms with E-state index >= 15 is 0 Å². The third-order valence-corrected chi connectivity index (χ3v) is 8.53. The molecule has 2 aliphatic heterocycles. The molecule has 7 rings (SSSR count). The van der Waals surface area contributed by atoms with Gasteiger partial charge in [0, 0.05) is 37.5 Å². The van der Waals surface area contributed by atoms with E-state index in [0.717, 1.165) is 69.9 Å². The molecular weight excluding hydrogens is 508 g/mol. The first-order valence-electron chi connectivity index (χ1n) is 13.1. The minimum absolute atomic E-state index is 0.397. The quantitative estimate of drug-likeness (QED) is 0.289. The molecule has 39 heavy (non-hydrogen) atoms. The largest absolute Gasteiger partial charge is 0.364 e.